The number of hydrogen-bond donors (Lipinski definition) is 0. The summed E-state index contributed by atoms with van der Waals surface area (Å²) in [5.74, 6) is 0.833. The molecule has 0 aliphatic carbocycles. The second kappa shape index (κ2) is 10.1. The van der Waals surface area contributed by atoms with Gasteiger partial charge in [-0.15, -0.1) is 0 Å². The molecule has 0 aromatic heterocycles. The molecule has 0 atom stereocenters. The molecule has 4 aromatic carbocycles. The van der Waals surface area contributed by atoms with Crippen LogP contribution in [0.2, 0.25) is 0 Å². The van der Waals surface area contributed by atoms with Gasteiger partial charge in [0.2, 0.25) is 0 Å². The molecule has 0 radical (unpaired) electrons. The van der Waals surface area contributed by atoms with Crippen molar-refractivity contribution < 1.29 is 17.7 Å². The zero-order valence-corrected chi connectivity index (χ0v) is 21.2. The van der Waals surface area contributed by atoms with Crippen molar-refractivity contribution in [1.29, 1.82) is 0 Å². The molecular formula is C28H26ClO4P. The summed E-state index contributed by atoms with van der Waals surface area (Å²) in [5, 5.41) is 0. The molecule has 0 unspecified atom stereocenters. The molecule has 0 fully saturated rings. The molecule has 4 rings (SSSR count). The molecule has 4 aromatic rings. The van der Waals surface area contributed by atoms with Gasteiger partial charge in [0.15, 0.2) is 0 Å². The Bertz CT molecular complexity index is 1250. The van der Waals surface area contributed by atoms with Crippen LogP contribution >= 0.6 is 19.7 Å². The van der Waals surface area contributed by atoms with Crippen LogP contribution in [0, 0.1) is 27.7 Å². The number of rotatable bonds is 7. The van der Waals surface area contributed by atoms with Gasteiger partial charge in [0, 0.05) is 0 Å². The maximum absolute atomic E-state index is 13.6. The summed E-state index contributed by atoms with van der Waals surface area (Å²) in [6.45, 7) is 7.58. The average Bonchev–Trinajstić information content (AvgIpc) is 2.85. The van der Waals surface area contributed by atoms with E-state index in [1.54, 1.807) is 0 Å². The van der Waals surface area contributed by atoms with Crippen LogP contribution in [0.1, 0.15) is 22.3 Å². The number of phosphoric ester groups is 1. The van der Waals surface area contributed by atoms with Gasteiger partial charge in [0.25, 0.3) is 0 Å². The van der Waals surface area contributed by atoms with Crippen LogP contribution in [-0.4, -0.2) is 0 Å². The molecule has 4 nitrogen and oxygen atoms in total. The summed E-state index contributed by atoms with van der Waals surface area (Å²) in [4.78, 5) is 0. The Kier molecular flexibility index (Phi) is 7.13. The minimum atomic E-state index is -4.21. The van der Waals surface area contributed by atoms with Crippen LogP contribution in [-0.2, 0) is 8.64 Å². The van der Waals surface area contributed by atoms with E-state index < -0.39 is 7.82 Å². The van der Waals surface area contributed by atoms with Crippen LogP contribution in [0.3, 0.4) is 0 Å². The lowest BCUT2D eigenvalue weighted by atomic mass is 9.98. The molecule has 0 spiro atoms. The largest absolute Gasteiger partial charge is 0.604 e. The maximum Gasteiger partial charge on any atom is 0.604 e. The molecule has 0 amide bonds. The highest BCUT2D eigenvalue weighted by Crippen LogP contribution is 2.54. The van der Waals surface area contributed by atoms with Gasteiger partial charge in [0.05, 0.1) is 11.9 Å². The van der Waals surface area contributed by atoms with E-state index >= 15 is 0 Å². The second-order valence-electron chi connectivity index (χ2n) is 8.20. The van der Waals surface area contributed by atoms with E-state index in [1.165, 1.54) is 0 Å². The number of hydrogen-bond acceptors (Lipinski definition) is 4. The Hall–Kier alpha value is -3.04. The van der Waals surface area contributed by atoms with Gasteiger partial charge >= 0.3 is 7.82 Å². The maximum atomic E-state index is 13.6. The summed E-state index contributed by atoms with van der Waals surface area (Å²) >= 11 is 5.72. The van der Waals surface area contributed by atoms with Gasteiger partial charge in [-0.3, -0.25) is 0 Å². The summed E-state index contributed by atoms with van der Waals surface area (Å²) in [6.07, 6.45) is 0. The smallest absolute Gasteiger partial charge is 0.394 e. The van der Waals surface area contributed by atoms with Crippen LogP contribution in [0.15, 0.2) is 84.9 Å². The van der Waals surface area contributed by atoms with Crippen LogP contribution in [0.5, 0.6) is 11.5 Å². The van der Waals surface area contributed by atoms with Gasteiger partial charge < -0.3 is 9.05 Å². The SMILES string of the molecule is Cc1ccc(-c2ccccc2)c(C)c1OP(=O)(OCl)Oc1c(C)ccc(-c2ccccc2)c1C. The topological polar surface area (TPSA) is 44.8 Å². The Morgan fingerprint density at radius 1 is 0.588 bits per heavy atom. The normalized spacial score (nSPS) is 11.3. The molecular weight excluding hydrogens is 467 g/mol. The second-order valence-corrected chi connectivity index (χ2v) is 10.0. The average molecular weight is 493 g/mol. The first-order valence-corrected chi connectivity index (χ1v) is 12.7. The number of halogens is 1. The van der Waals surface area contributed by atoms with E-state index in [0.717, 1.165) is 44.5 Å². The fourth-order valence-corrected chi connectivity index (χ4v) is 5.34. The van der Waals surface area contributed by atoms with Crippen molar-refractivity contribution in [2.75, 3.05) is 0 Å². The van der Waals surface area contributed by atoms with Crippen molar-refractivity contribution in [1.82, 2.24) is 0 Å². The third-order valence-electron chi connectivity index (χ3n) is 5.87. The third-order valence-corrected chi connectivity index (χ3v) is 7.35. The molecule has 0 saturated carbocycles. The summed E-state index contributed by atoms with van der Waals surface area (Å²) in [6, 6.07) is 27.7. The molecule has 0 saturated heterocycles. The first-order valence-electron chi connectivity index (χ1n) is 10.9. The predicted molar refractivity (Wildman–Crippen MR) is 139 cm³/mol. The quantitative estimate of drug-likeness (QED) is 0.241. The van der Waals surface area contributed by atoms with Gasteiger partial charge in [-0.05, 0) is 72.2 Å². The van der Waals surface area contributed by atoms with Crippen LogP contribution in [0.25, 0.3) is 22.3 Å². The Balaban J connectivity index is 1.72. The molecule has 0 heterocycles. The molecule has 174 valence electrons. The van der Waals surface area contributed by atoms with Crippen LogP contribution in [0.4, 0.5) is 0 Å². The van der Waals surface area contributed by atoms with Crippen molar-refractivity contribution >= 4 is 19.7 Å². The predicted octanol–water partition coefficient (Wildman–Crippen LogP) is 8.99. The molecule has 6 heteroatoms. The molecule has 34 heavy (non-hydrogen) atoms. The fourth-order valence-electron chi connectivity index (χ4n) is 4.07. The van der Waals surface area contributed by atoms with Crippen molar-refractivity contribution in [3.8, 4) is 33.8 Å². The Morgan fingerprint density at radius 3 is 1.32 bits per heavy atom. The fraction of sp³-hybridized carbons (Fsp3) is 0.143. The van der Waals surface area contributed by atoms with E-state index in [4.69, 9.17) is 25.0 Å². The van der Waals surface area contributed by atoms with E-state index in [2.05, 4.69) is 0 Å². The lowest BCUT2D eigenvalue weighted by molar-refractivity contribution is 0.305. The number of benzene rings is 4. The Labute approximate surface area is 205 Å². The van der Waals surface area contributed by atoms with Crippen molar-refractivity contribution in [3.05, 3.63) is 107 Å². The van der Waals surface area contributed by atoms with Crippen molar-refractivity contribution in [2.45, 2.75) is 27.7 Å². The minimum absolute atomic E-state index is 0.417. The van der Waals surface area contributed by atoms with Gasteiger partial charge in [0.1, 0.15) is 11.5 Å². The molecule has 0 aliphatic heterocycles. The molecule has 0 N–H and O–H groups in total. The highest BCUT2D eigenvalue weighted by molar-refractivity contribution is 7.50. The first-order chi connectivity index (χ1) is 16.3. The third kappa shape index (κ3) is 4.90. The Morgan fingerprint density at radius 2 is 0.971 bits per heavy atom. The van der Waals surface area contributed by atoms with E-state index in [1.807, 2.05) is 113 Å². The molecule has 0 aliphatic rings. The highest BCUT2D eigenvalue weighted by Gasteiger charge is 2.34. The van der Waals surface area contributed by atoms with E-state index in [9.17, 15) is 4.57 Å². The van der Waals surface area contributed by atoms with Gasteiger partial charge in [-0.25, -0.2) is 4.57 Å². The summed E-state index contributed by atoms with van der Waals surface area (Å²) in [5.41, 5.74) is 7.18. The summed E-state index contributed by atoms with van der Waals surface area (Å²) < 4.78 is 30.3. The zero-order chi connectivity index (χ0) is 24.3. The number of aryl methyl sites for hydroxylation is 2. The monoisotopic (exact) mass is 492 g/mol. The van der Waals surface area contributed by atoms with Crippen LogP contribution < -0.4 is 9.05 Å². The lowest BCUT2D eigenvalue weighted by Crippen LogP contribution is -2.06. The van der Waals surface area contributed by atoms with E-state index in [-0.39, 0.29) is 0 Å². The minimum Gasteiger partial charge on any atom is -0.394 e. The highest BCUT2D eigenvalue weighted by atomic mass is 35.5. The number of phosphoric acid groups is 1. The first kappa shape index (κ1) is 24.1. The lowest BCUT2D eigenvalue weighted by Gasteiger charge is -2.22. The van der Waals surface area contributed by atoms with Crippen molar-refractivity contribution in [2.24, 2.45) is 0 Å². The van der Waals surface area contributed by atoms with Gasteiger partial charge in [-0.1, -0.05) is 84.9 Å². The summed E-state index contributed by atoms with van der Waals surface area (Å²) in [7, 11) is -4.21. The van der Waals surface area contributed by atoms with Gasteiger partial charge in [-0.2, -0.15) is 4.08 Å². The molecule has 0 bridgehead atoms. The van der Waals surface area contributed by atoms with Crippen molar-refractivity contribution in [3.63, 3.8) is 0 Å². The zero-order valence-electron chi connectivity index (χ0n) is 19.5. The van der Waals surface area contributed by atoms with E-state index in [0.29, 0.717) is 11.5 Å². The standard InChI is InChI=1S/C28H26ClO4P/c1-19-15-17-25(23-11-7-5-8-12-23)21(3)27(19)31-34(30,33-29)32-28-20(2)16-18-26(22(28)4)24-13-9-6-10-14-24/h5-18H,1-4H3.